The van der Waals surface area contributed by atoms with E-state index in [1.807, 2.05) is 18.2 Å². The van der Waals surface area contributed by atoms with Crippen LogP contribution in [0, 0.1) is 12.8 Å². The molecule has 0 spiro atoms. The normalized spacial score (nSPS) is 15.5. The van der Waals surface area contributed by atoms with Gasteiger partial charge in [0.15, 0.2) is 11.5 Å². The summed E-state index contributed by atoms with van der Waals surface area (Å²) in [6.45, 7) is 4.32. The van der Waals surface area contributed by atoms with Crippen molar-refractivity contribution in [1.29, 1.82) is 0 Å². The van der Waals surface area contributed by atoms with Gasteiger partial charge < -0.3 is 11.1 Å². The van der Waals surface area contributed by atoms with Crippen molar-refractivity contribution in [2.45, 2.75) is 33.1 Å². The van der Waals surface area contributed by atoms with Crippen LogP contribution in [0.4, 0.5) is 11.5 Å². The first kappa shape index (κ1) is 20.5. The number of carbonyl (C=O) groups excluding carboxylic acids is 1. The number of aromatic nitrogens is 3. The number of nitrogens with one attached hydrogen (secondary N) is 2. The number of nitrogens with two attached hydrogens (primary N) is 1. The second-order valence-corrected chi connectivity index (χ2v) is 9.03. The molecule has 2 aromatic carbocycles. The summed E-state index contributed by atoms with van der Waals surface area (Å²) in [5.41, 5.74) is 13.6. The number of hydrogen-bond donors (Lipinski definition) is 3. The highest BCUT2D eigenvalue weighted by Crippen LogP contribution is 2.39. The van der Waals surface area contributed by atoms with Gasteiger partial charge >= 0.3 is 0 Å². The number of aryl methyl sites for hydroxylation is 1. The van der Waals surface area contributed by atoms with E-state index in [4.69, 9.17) is 22.3 Å². The minimum Gasteiger partial charge on any atom is -0.382 e. The van der Waals surface area contributed by atoms with Gasteiger partial charge in [-0.15, -0.1) is 0 Å². The molecule has 1 atom stereocenters. The van der Waals surface area contributed by atoms with E-state index >= 15 is 0 Å². The van der Waals surface area contributed by atoms with E-state index in [9.17, 15) is 4.79 Å². The third-order valence-corrected chi connectivity index (χ3v) is 6.46. The Labute approximate surface area is 191 Å². The van der Waals surface area contributed by atoms with Gasteiger partial charge in [-0.25, -0.2) is 4.98 Å². The maximum Gasteiger partial charge on any atom is 0.255 e. The highest BCUT2D eigenvalue weighted by molar-refractivity contribution is 6.31. The number of pyridine rings is 1. The van der Waals surface area contributed by atoms with Crippen LogP contribution < -0.4 is 11.1 Å². The maximum atomic E-state index is 12.7. The van der Waals surface area contributed by atoms with E-state index in [1.54, 1.807) is 24.3 Å². The molecule has 7 heteroatoms. The Morgan fingerprint density at radius 3 is 2.88 bits per heavy atom. The zero-order valence-corrected chi connectivity index (χ0v) is 18.8. The molecular weight excluding hydrogens is 422 g/mol. The molecule has 4 aromatic rings. The van der Waals surface area contributed by atoms with Crippen LogP contribution in [0.15, 0.2) is 42.5 Å². The highest BCUT2D eigenvalue weighted by atomic mass is 35.5. The number of amides is 1. The predicted molar refractivity (Wildman–Crippen MR) is 129 cm³/mol. The molecule has 32 heavy (non-hydrogen) atoms. The molecule has 0 saturated carbocycles. The summed E-state index contributed by atoms with van der Waals surface area (Å²) in [4.78, 5) is 17.7. The van der Waals surface area contributed by atoms with E-state index in [-0.39, 0.29) is 5.91 Å². The summed E-state index contributed by atoms with van der Waals surface area (Å²) < 4.78 is 0. The summed E-state index contributed by atoms with van der Waals surface area (Å²) in [7, 11) is 0. The fourth-order valence-electron chi connectivity index (χ4n) is 4.54. The Hall–Kier alpha value is -3.38. The van der Waals surface area contributed by atoms with E-state index in [2.05, 4.69) is 29.4 Å². The SMILES string of the molecule is Cc1ccc(NC(=O)c2cccc(Cl)c2)cc1-c1nc2[nH]nc(N)c2c2c1CCC(C)C2. The molecule has 0 fully saturated rings. The molecule has 1 aliphatic rings. The van der Waals surface area contributed by atoms with Crippen molar-refractivity contribution in [2.75, 3.05) is 11.1 Å². The molecule has 4 N–H and O–H groups in total. The third-order valence-electron chi connectivity index (χ3n) is 6.23. The molecule has 0 aliphatic heterocycles. The number of nitrogen functional groups attached to an aromatic ring is 1. The maximum absolute atomic E-state index is 12.7. The number of halogens is 1. The highest BCUT2D eigenvalue weighted by Gasteiger charge is 2.25. The number of aromatic amines is 1. The van der Waals surface area contributed by atoms with E-state index in [0.29, 0.717) is 33.7 Å². The Bertz CT molecular complexity index is 1360. The zero-order chi connectivity index (χ0) is 22.4. The van der Waals surface area contributed by atoms with Gasteiger partial charge in [-0.1, -0.05) is 30.7 Å². The fourth-order valence-corrected chi connectivity index (χ4v) is 4.73. The summed E-state index contributed by atoms with van der Waals surface area (Å²) in [5, 5.41) is 11.6. The molecule has 6 nitrogen and oxygen atoms in total. The Morgan fingerprint density at radius 2 is 2.06 bits per heavy atom. The average molecular weight is 446 g/mol. The van der Waals surface area contributed by atoms with Gasteiger partial charge in [0.2, 0.25) is 0 Å². The van der Waals surface area contributed by atoms with Gasteiger partial charge in [0.1, 0.15) is 0 Å². The number of fused-ring (bicyclic) bond motifs is 3. The zero-order valence-electron chi connectivity index (χ0n) is 18.0. The van der Waals surface area contributed by atoms with Gasteiger partial charge in [-0.05, 0) is 79.1 Å². The lowest BCUT2D eigenvalue weighted by Gasteiger charge is -2.25. The summed E-state index contributed by atoms with van der Waals surface area (Å²) in [6, 6.07) is 12.8. The van der Waals surface area contributed by atoms with Crippen LogP contribution in [-0.2, 0) is 12.8 Å². The van der Waals surface area contributed by atoms with Crippen molar-refractivity contribution in [3.63, 3.8) is 0 Å². The number of hydrogen-bond acceptors (Lipinski definition) is 4. The second-order valence-electron chi connectivity index (χ2n) is 8.59. The van der Waals surface area contributed by atoms with Gasteiger partial charge in [0.05, 0.1) is 11.1 Å². The predicted octanol–water partition coefficient (Wildman–Crippen LogP) is 5.55. The largest absolute Gasteiger partial charge is 0.382 e. The fraction of sp³-hybridized carbons (Fsp3) is 0.240. The monoisotopic (exact) mass is 445 g/mol. The molecule has 1 unspecified atom stereocenters. The van der Waals surface area contributed by atoms with Crippen LogP contribution in [0.1, 0.15) is 40.4 Å². The smallest absolute Gasteiger partial charge is 0.255 e. The van der Waals surface area contributed by atoms with Gasteiger partial charge in [-0.3, -0.25) is 9.89 Å². The minimum atomic E-state index is -0.206. The van der Waals surface area contributed by atoms with Crippen molar-refractivity contribution in [3.05, 3.63) is 69.7 Å². The average Bonchev–Trinajstić information content (AvgIpc) is 3.15. The Morgan fingerprint density at radius 1 is 1.22 bits per heavy atom. The van der Waals surface area contributed by atoms with Crippen LogP contribution >= 0.6 is 11.6 Å². The molecule has 162 valence electrons. The number of benzene rings is 2. The lowest BCUT2D eigenvalue weighted by molar-refractivity contribution is 0.102. The van der Waals surface area contributed by atoms with Crippen molar-refractivity contribution in [1.82, 2.24) is 15.2 Å². The van der Waals surface area contributed by atoms with Crippen molar-refractivity contribution in [3.8, 4) is 11.3 Å². The van der Waals surface area contributed by atoms with Crippen molar-refractivity contribution < 1.29 is 4.79 Å². The molecule has 2 aromatic heterocycles. The number of carbonyl (C=O) groups is 1. The first-order valence-corrected chi connectivity index (χ1v) is 11.1. The third kappa shape index (κ3) is 3.60. The Kier molecular flexibility index (Phi) is 5.10. The van der Waals surface area contributed by atoms with Crippen LogP contribution in [0.5, 0.6) is 0 Å². The Balaban J connectivity index is 1.59. The first-order chi connectivity index (χ1) is 15.4. The second kappa shape index (κ2) is 7.95. The van der Waals surface area contributed by atoms with Crippen LogP contribution in [0.3, 0.4) is 0 Å². The van der Waals surface area contributed by atoms with E-state index in [0.717, 1.165) is 41.5 Å². The topological polar surface area (TPSA) is 96.7 Å². The summed E-state index contributed by atoms with van der Waals surface area (Å²) in [6.07, 6.45) is 3.00. The quantitative estimate of drug-likeness (QED) is 0.385. The van der Waals surface area contributed by atoms with Crippen molar-refractivity contribution in [2.24, 2.45) is 5.92 Å². The molecule has 0 radical (unpaired) electrons. The standard InChI is InChI=1S/C25H24ClN5O/c1-13-6-9-18-20(10-13)21-23(27)30-31-24(21)29-22(18)19-12-17(8-7-14(19)2)28-25(32)15-4-3-5-16(26)11-15/h3-5,7-8,11-13H,6,9-10H2,1-2H3,(H,28,32)(H3,27,29,30,31). The van der Waals surface area contributed by atoms with Gasteiger partial charge in [-0.2, -0.15) is 5.10 Å². The molecule has 1 amide bonds. The molecular formula is C25H24ClN5O. The van der Waals surface area contributed by atoms with Gasteiger partial charge in [0, 0.05) is 21.8 Å². The molecule has 0 bridgehead atoms. The number of anilines is 2. The first-order valence-electron chi connectivity index (χ1n) is 10.7. The minimum absolute atomic E-state index is 0.206. The van der Waals surface area contributed by atoms with E-state index in [1.165, 1.54) is 11.1 Å². The molecule has 5 rings (SSSR count). The van der Waals surface area contributed by atoms with Gasteiger partial charge in [0.25, 0.3) is 5.91 Å². The van der Waals surface area contributed by atoms with E-state index < -0.39 is 0 Å². The lowest BCUT2D eigenvalue weighted by atomic mass is 9.81. The van der Waals surface area contributed by atoms with Crippen LogP contribution in [0.25, 0.3) is 22.3 Å². The van der Waals surface area contributed by atoms with Crippen LogP contribution in [-0.4, -0.2) is 21.1 Å². The lowest BCUT2D eigenvalue weighted by Crippen LogP contribution is -2.15. The molecule has 1 aliphatic carbocycles. The number of rotatable bonds is 3. The number of nitrogens with zero attached hydrogens (tertiary/aromatic N) is 2. The summed E-state index contributed by atoms with van der Waals surface area (Å²) in [5.74, 6) is 0.881. The molecule has 0 saturated heterocycles. The number of H-pyrrole nitrogens is 1. The molecule has 2 heterocycles. The van der Waals surface area contributed by atoms with Crippen molar-refractivity contribution >= 4 is 40.0 Å². The van der Waals surface area contributed by atoms with Crippen LogP contribution in [0.2, 0.25) is 5.02 Å². The summed E-state index contributed by atoms with van der Waals surface area (Å²) >= 11 is 6.04.